The number of hydrogen-bond acceptors (Lipinski definition) is 4. The summed E-state index contributed by atoms with van der Waals surface area (Å²) in [7, 11) is 1.78. The summed E-state index contributed by atoms with van der Waals surface area (Å²) in [5.41, 5.74) is 1.85. The van der Waals surface area contributed by atoms with Crippen LogP contribution in [0.15, 0.2) is 36.5 Å². The van der Waals surface area contributed by atoms with Crippen LogP contribution in [0.1, 0.15) is 12.5 Å². The van der Waals surface area contributed by atoms with Gasteiger partial charge in [-0.05, 0) is 56.8 Å². The lowest BCUT2D eigenvalue weighted by Crippen LogP contribution is -2.41. The molecular weight excluding hydrogens is 483 g/mol. The molecule has 2 amide bonds. The minimum absolute atomic E-state index is 0.213. The van der Waals surface area contributed by atoms with Crippen LogP contribution in [0.2, 0.25) is 10.0 Å². The van der Waals surface area contributed by atoms with Gasteiger partial charge in [-0.3, -0.25) is 9.80 Å². The smallest absolute Gasteiger partial charge is 0.334 e. The van der Waals surface area contributed by atoms with Gasteiger partial charge in [0.05, 0.1) is 10.7 Å². The molecule has 1 aromatic heterocycles. The van der Waals surface area contributed by atoms with Gasteiger partial charge in [-0.25, -0.2) is 18.6 Å². The first-order valence-electron chi connectivity index (χ1n) is 10.7. The first-order valence-corrected chi connectivity index (χ1v) is 11.5. The highest BCUT2D eigenvalue weighted by molar-refractivity contribution is 6.32. The molecule has 0 bridgehead atoms. The molecule has 0 radical (unpaired) electrons. The topological polar surface area (TPSA) is 60.5 Å². The van der Waals surface area contributed by atoms with E-state index in [1.54, 1.807) is 33.0 Å². The molecule has 3 aromatic rings. The van der Waals surface area contributed by atoms with E-state index in [1.807, 2.05) is 0 Å². The van der Waals surface area contributed by atoms with Crippen molar-refractivity contribution in [2.24, 2.45) is 0 Å². The third-order valence-electron chi connectivity index (χ3n) is 5.56. The summed E-state index contributed by atoms with van der Waals surface area (Å²) in [6.07, 6.45) is 1.43. The summed E-state index contributed by atoms with van der Waals surface area (Å²) in [5.74, 6) is -1.44. The van der Waals surface area contributed by atoms with Gasteiger partial charge in [-0.2, -0.15) is 0 Å². The number of urea groups is 1. The lowest BCUT2D eigenvalue weighted by atomic mass is 9.98. The Hall–Kier alpha value is -2.94. The van der Waals surface area contributed by atoms with Crippen molar-refractivity contribution >= 4 is 52.1 Å². The van der Waals surface area contributed by atoms with Gasteiger partial charge < -0.3 is 10.6 Å². The number of hydrogen-bond donors (Lipinski definition) is 2. The van der Waals surface area contributed by atoms with Crippen LogP contribution in [0.4, 0.5) is 36.5 Å². The lowest BCUT2D eigenvalue weighted by molar-refractivity contribution is 0.253. The maximum atomic E-state index is 15.5. The van der Waals surface area contributed by atoms with E-state index in [9.17, 15) is 4.79 Å². The van der Waals surface area contributed by atoms with Crippen molar-refractivity contribution in [3.05, 3.63) is 63.8 Å². The third kappa shape index (κ3) is 4.29. The number of pyridine rings is 1. The first-order chi connectivity index (χ1) is 16.3. The molecule has 6 nitrogen and oxygen atoms in total. The van der Waals surface area contributed by atoms with E-state index in [1.165, 1.54) is 29.3 Å². The van der Waals surface area contributed by atoms with Gasteiger partial charge in [0, 0.05) is 47.7 Å². The monoisotopic (exact) mass is 505 g/mol. The predicted molar refractivity (Wildman–Crippen MR) is 134 cm³/mol. The van der Waals surface area contributed by atoms with Crippen molar-refractivity contribution in [3.63, 3.8) is 0 Å². The molecule has 0 spiro atoms. The molecule has 0 fully saturated rings. The quantitative estimate of drug-likeness (QED) is 0.382. The third-order valence-corrected chi connectivity index (χ3v) is 5.99. The second-order valence-electron chi connectivity index (χ2n) is 7.82. The number of carbonyl (C=O) groups is 1. The van der Waals surface area contributed by atoms with E-state index in [0.717, 1.165) is 4.90 Å². The van der Waals surface area contributed by atoms with Crippen molar-refractivity contribution < 1.29 is 13.6 Å². The number of carbonyl (C=O) groups excluding carboxylic acids is 1. The number of rotatable bonds is 6. The van der Waals surface area contributed by atoms with Crippen LogP contribution in [0.25, 0.3) is 11.1 Å². The standard InChI is InChI=1S/C24H23Cl2F2N5O/c1-4-32-23-17(8-15(26)12-31-23)21-13(2)7-14(25)9-20(21)33(24(32)34)22-18(27)10-16(11-19(22)28)30-6-5-29-3/h7-12,29-30H,4-6H2,1-3H3. The highest BCUT2D eigenvalue weighted by Gasteiger charge is 2.37. The highest BCUT2D eigenvalue weighted by atomic mass is 35.5. The summed E-state index contributed by atoms with van der Waals surface area (Å²) >= 11 is 12.6. The van der Waals surface area contributed by atoms with Gasteiger partial charge in [0.2, 0.25) is 0 Å². The molecule has 0 atom stereocenters. The molecule has 4 rings (SSSR count). The Morgan fingerprint density at radius 2 is 1.74 bits per heavy atom. The maximum absolute atomic E-state index is 15.5. The molecule has 0 saturated heterocycles. The van der Waals surface area contributed by atoms with Gasteiger partial charge in [-0.1, -0.05) is 23.2 Å². The molecule has 0 saturated carbocycles. The maximum Gasteiger partial charge on any atom is 0.334 e. The Bertz CT molecular complexity index is 1250. The van der Waals surface area contributed by atoms with E-state index in [4.69, 9.17) is 23.2 Å². The zero-order chi connectivity index (χ0) is 24.6. The SMILES string of the molecule is CCN1C(=O)N(c2c(F)cc(NCCNC)cc2F)c2cc(Cl)cc(C)c2-c2cc(Cl)cnc21. The van der Waals surface area contributed by atoms with Crippen molar-refractivity contribution in [3.8, 4) is 11.1 Å². The average molecular weight is 506 g/mol. The van der Waals surface area contributed by atoms with E-state index >= 15 is 8.78 Å². The molecule has 2 aromatic carbocycles. The fourth-order valence-electron chi connectivity index (χ4n) is 4.11. The van der Waals surface area contributed by atoms with Crippen LogP contribution < -0.4 is 20.4 Å². The number of aromatic nitrogens is 1. The Morgan fingerprint density at radius 1 is 1.03 bits per heavy atom. The number of aryl methyl sites for hydroxylation is 1. The molecule has 10 heteroatoms. The van der Waals surface area contributed by atoms with Gasteiger partial charge in [0.25, 0.3) is 0 Å². The summed E-state index contributed by atoms with van der Waals surface area (Å²) in [5, 5.41) is 6.60. The lowest BCUT2D eigenvalue weighted by Gasteiger charge is -2.28. The summed E-state index contributed by atoms with van der Waals surface area (Å²) < 4.78 is 30.9. The van der Waals surface area contributed by atoms with E-state index in [-0.39, 0.29) is 17.9 Å². The molecule has 0 aliphatic carbocycles. The largest absolute Gasteiger partial charge is 0.384 e. The Balaban J connectivity index is 1.98. The van der Waals surface area contributed by atoms with Crippen LogP contribution in [0.3, 0.4) is 0 Å². The minimum atomic E-state index is -0.892. The molecule has 2 heterocycles. The molecular formula is C24H23Cl2F2N5O. The van der Waals surface area contributed by atoms with Crippen LogP contribution >= 0.6 is 23.2 Å². The molecule has 0 unspecified atom stereocenters. The van der Waals surface area contributed by atoms with Crippen molar-refractivity contribution in [2.45, 2.75) is 13.8 Å². The fourth-order valence-corrected chi connectivity index (χ4v) is 4.54. The van der Waals surface area contributed by atoms with Gasteiger partial charge >= 0.3 is 6.03 Å². The zero-order valence-corrected chi connectivity index (χ0v) is 20.4. The molecule has 34 heavy (non-hydrogen) atoms. The highest BCUT2D eigenvalue weighted by Crippen LogP contribution is 2.47. The molecule has 1 aliphatic rings. The van der Waals surface area contributed by atoms with E-state index < -0.39 is 23.4 Å². The number of anilines is 4. The summed E-state index contributed by atoms with van der Waals surface area (Å²) in [6, 6.07) is 6.60. The molecule has 178 valence electrons. The normalized spacial score (nSPS) is 13.0. The minimum Gasteiger partial charge on any atom is -0.384 e. The van der Waals surface area contributed by atoms with E-state index in [2.05, 4.69) is 15.6 Å². The van der Waals surface area contributed by atoms with Crippen molar-refractivity contribution in [1.29, 1.82) is 0 Å². The fraction of sp³-hybridized carbons (Fsp3) is 0.250. The van der Waals surface area contributed by atoms with Crippen molar-refractivity contribution in [2.75, 3.05) is 41.8 Å². The number of likely N-dealkylation sites (N-methyl/N-ethyl adjacent to an activating group) is 1. The number of nitrogens with one attached hydrogen (secondary N) is 2. The Morgan fingerprint density at radius 3 is 2.38 bits per heavy atom. The zero-order valence-electron chi connectivity index (χ0n) is 18.8. The predicted octanol–water partition coefficient (Wildman–Crippen LogP) is 6.37. The number of amides is 2. The van der Waals surface area contributed by atoms with Crippen LogP contribution in [0, 0.1) is 18.6 Å². The van der Waals surface area contributed by atoms with E-state index in [0.29, 0.717) is 45.6 Å². The Labute approximate surface area is 206 Å². The van der Waals surface area contributed by atoms with Gasteiger partial charge in [-0.15, -0.1) is 0 Å². The number of fused-ring (bicyclic) bond motifs is 3. The average Bonchev–Trinajstić information content (AvgIpc) is 2.86. The summed E-state index contributed by atoms with van der Waals surface area (Å²) in [6.45, 7) is 4.86. The summed E-state index contributed by atoms with van der Waals surface area (Å²) in [4.78, 5) is 20.6. The van der Waals surface area contributed by atoms with Gasteiger partial charge in [0.15, 0.2) is 11.6 Å². The number of halogens is 4. The second-order valence-corrected chi connectivity index (χ2v) is 8.70. The van der Waals surface area contributed by atoms with Crippen molar-refractivity contribution in [1.82, 2.24) is 10.3 Å². The Kier molecular flexibility index (Phi) is 6.93. The van der Waals surface area contributed by atoms with Crippen LogP contribution in [0.5, 0.6) is 0 Å². The molecule has 2 N–H and O–H groups in total. The van der Waals surface area contributed by atoms with Gasteiger partial charge in [0.1, 0.15) is 11.5 Å². The van der Waals surface area contributed by atoms with Crippen LogP contribution in [-0.4, -0.2) is 37.7 Å². The number of benzene rings is 2. The second kappa shape index (κ2) is 9.74. The first kappa shape index (κ1) is 24.2. The number of nitrogens with zero attached hydrogens (tertiary/aromatic N) is 3. The molecule has 1 aliphatic heterocycles. The van der Waals surface area contributed by atoms with Crippen LogP contribution in [-0.2, 0) is 0 Å².